The van der Waals surface area contributed by atoms with Crippen LogP contribution in [0.15, 0.2) is 76.7 Å². The Morgan fingerprint density at radius 2 is 1.79 bits per heavy atom. The molecule has 0 fully saturated rings. The Morgan fingerprint density at radius 3 is 2.44 bits per heavy atom. The molecule has 0 aliphatic heterocycles. The third kappa shape index (κ3) is 5.77. The van der Waals surface area contributed by atoms with Gasteiger partial charge < -0.3 is 0 Å². The lowest BCUT2D eigenvalue weighted by molar-refractivity contribution is -0.385. The first-order valence-corrected chi connectivity index (χ1v) is 11.8. The number of hydrogen-bond acceptors (Lipinski definition) is 6. The van der Waals surface area contributed by atoms with Gasteiger partial charge in [-0.15, -0.1) is 0 Å². The van der Waals surface area contributed by atoms with Crippen molar-refractivity contribution in [3.8, 4) is 0 Å². The maximum Gasteiger partial charge on any atom is 0.278 e. The number of carbonyl (C=O) groups is 1. The highest BCUT2D eigenvalue weighted by atomic mass is 35.5. The third-order valence-corrected chi connectivity index (χ3v) is 7.06. The number of halogens is 1. The van der Waals surface area contributed by atoms with Gasteiger partial charge in [-0.1, -0.05) is 47.5 Å². The molecule has 34 heavy (non-hydrogen) atoms. The van der Waals surface area contributed by atoms with Gasteiger partial charge in [0.05, 0.1) is 27.3 Å². The number of nitro groups is 1. The van der Waals surface area contributed by atoms with Crippen LogP contribution in [0.3, 0.4) is 0 Å². The molecule has 0 heterocycles. The fourth-order valence-corrected chi connectivity index (χ4v) is 4.58. The second kappa shape index (κ2) is 10.4. The van der Waals surface area contributed by atoms with Gasteiger partial charge in [0, 0.05) is 11.1 Å². The van der Waals surface area contributed by atoms with Crippen molar-refractivity contribution in [2.45, 2.75) is 18.7 Å². The van der Waals surface area contributed by atoms with Crippen LogP contribution in [0.25, 0.3) is 0 Å². The Hall–Kier alpha value is -3.76. The van der Waals surface area contributed by atoms with Crippen molar-refractivity contribution in [1.82, 2.24) is 5.43 Å². The van der Waals surface area contributed by atoms with Crippen molar-refractivity contribution in [2.75, 3.05) is 10.8 Å². The first kappa shape index (κ1) is 24.9. The van der Waals surface area contributed by atoms with E-state index < -0.39 is 27.4 Å². The number of hydrogen-bond donors (Lipinski definition) is 1. The molecule has 3 aromatic rings. The molecule has 0 aromatic heterocycles. The standard InChI is InChI=1S/C23H21ClN4O5S/c1-16-7-11-20(12-8-16)34(32,33)27(19-10-9-17(2)21(24)13-19)15-23(29)26-25-14-18-5-3-4-6-22(18)28(30)31/h3-14H,15H2,1-2H3,(H,26,29)/b25-14-. The molecule has 3 rings (SSSR count). The summed E-state index contributed by atoms with van der Waals surface area (Å²) in [7, 11) is -4.12. The van der Waals surface area contributed by atoms with Crippen LogP contribution in [0.4, 0.5) is 11.4 Å². The SMILES string of the molecule is Cc1ccc(S(=O)(=O)N(CC(=O)N/N=C\c2ccccc2[N+](=O)[O-])c2ccc(C)c(Cl)c2)cc1. The van der Waals surface area contributed by atoms with E-state index in [2.05, 4.69) is 10.5 Å². The summed E-state index contributed by atoms with van der Waals surface area (Å²) in [6, 6.07) is 16.8. The van der Waals surface area contributed by atoms with E-state index in [9.17, 15) is 23.3 Å². The Balaban J connectivity index is 1.88. The summed E-state index contributed by atoms with van der Waals surface area (Å²) in [4.78, 5) is 23.2. The number of anilines is 1. The lowest BCUT2D eigenvalue weighted by atomic mass is 10.2. The molecule has 9 nitrogen and oxygen atoms in total. The maximum atomic E-state index is 13.4. The lowest BCUT2D eigenvalue weighted by Crippen LogP contribution is -2.39. The number of para-hydroxylation sites is 1. The smallest absolute Gasteiger partial charge is 0.271 e. The first-order chi connectivity index (χ1) is 16.1. The summed E-state index contributed by atoms with van der Waals surface area (Å²) in [5.74, 6) is -0.748. The number of hydrazone groups is 1. The van der Waals surface area contributed by atoms with E-state index in [1.807, 2.05) is 6.92 Å². The van der Waals surface area contributed by atoms with Gasteiger partial charge in [0.25, 0.3) is 21.6 Å². The molecule has 0 radical (unpaired) electrons. The van der Waals surface area contributed by atoms with Gasteiger partial charge in [-0.2, -0.15) is 5.10 Å². The molecular weight excluding hydrogens is 480 g/mol. The summed E-state index contributed by atoms with van der Waals surface area (Å²) in [5.41, 5.74) is 4.06. The third-order valence-electron chi connectivity index (χ3n) is 4.87. The molecule has 1 amide bonds. The predicted molar refractivity (Wildman–Crippen MR) is 131 cm³/mol. The van der Waals surface area contributed by atoms with Crippen molar-refractivity contribution in [3.63, 3.8) is 0 Å². The van der Waals surface area contributed by atoms with Crippen LogP contribution in [0.2, 0.25) is 5.02 Å². The zero-order chi connectivity index (χ0) is 24.9. The van der Waals surface area contributed by atoms with Crippen molar-refractivity contribution in [3.05, 3.63) is 98.6 Å². The van der Waals surface area contributed by atoms with Gasteiger partial charge in [0.15, 0.2) is 0 Å². The van der Waals surface area contributed by atoms with Gasteiger partial charge >= 0.3 is 0 Å². The number of rotatable bonds is 8. The highest BCUT2D eigenvalue weighted by Gasteiger charge is 2.27. The Kier molecular flexibility index (Phi) is 7.64. The van der Waals surface area contributed by atoms with Gasteiger partial charge in [0.2, 0.25) is 0 Å². The van der Waals surface area contributed by atoms with Gasteiger partial charge in [0.1, 0.15) is 6.54 Å². The molecule has 0 unspecified atom stereocenters. The van der Waals surface area contributed by atoms with Crippen LogP contribution in [0, 0.1) is 24.0 Å². The van der Waals surface area contributed by atoms with E-state index in [4.69, 9.17) is 11.6 Å². The van der Waals surface area contributed by atoms with Crippen LogP contribution in [-0.2, 0) is 14.8 Å². The number of nitrogens with one attached hydrogen (secondary N) is 1. The number of carbonyl (C=O) groups excluding carboxylic acids is 1. The normalized spacial score (nSPS) is 11.4. The molecule has 0 atom stereocenters. The largest absolute Gasteiger partial charge is 0.278 e. The van der Waals surface area contributed by atoms with E-state index in [1.54, 1.807) is 37.3 Å². The molecule has 11 heteroatoms. The zero-order valence-electron chi connectivity index (χ0n) is 18.3. The van der Waals surface area contributed by atoms with Crippen LogP contribution < -0.4 is 9.73 Å². The maximum absolute atomic E-state index is 13.4. The molecule has 0 bridgehead atoms. The molecule has 0 aliphatic carbocycles. The summed E-state index contributed by atoms with van der Waals surface area (Å²) in [6.45, 7) is 3.01. The van der Waals surface area contributed by atoms with E-state index in [0.29, 0.717) is 5.02 Å². The number of nitro benzene ring substituents is 1. The Morgan fingerprint density at radius 1 is 1.12 bits per heavy atom. The number of benzene rings is 3. The minimum atomic E-state index is -4.12. The highest BCUT2D eigenvalue weighted by molar-refractivity contribution is 7.92. The molecule has 0 spiro atoms. The minimum Gasteiger partial charge on any atom is -0.271 e. The van der Waals surface area contributed by atoms with E-state index in [-0.39, 0.29) is 21.8 Å². The fourth-order valence-electron chi connectivity index (χ4n) is 2.99. The lowest BCUT2D eigenvalue weighted by Gasteiger charge is -2.24. The second-order valence-corrected chi connectivity index (χ2v) is 9.64. The average Bonchev–Trinajstić information content (AvgIpc) is 2.80. The van der Waals surface area contributed by atoms with Crippen LogP contribution in [0.5, 0.6) is 0 Å². The summed E-state index contributed by atoms with van der Waals surface area (Å²) in [6.07, 6.45) is 1.12. The topological polar surface area (TPSA) is 122 Å². The van der Waals surface area contributed by atoms with Gasteiger partial charge in [-0.25, -0.2) is 13.8 Å². The predicted octanol–water partition coefficient (Wildman–Crippen LogP) is 4.21. The quantitative estimate of drug-likeness (QED) is 0.282. The summed E-state index contributed by atoms with van der Waals surface area (Å²) >= 11 is 6.20. The molecule has 0 aliphatic rings. The fraction of sp³-hybridized carbons (Fsp3) is 0.130. The van der Waals surface area contributed by atoms with Gasteiger partial charge in [-0.05, 0) is 49.7 Å². The van der Waals surface area contributed by atoms with Crippen LogP contribution in [0.1, 0.15) is 16.7 Å². The van der Waals surface area contributed by atoms with E-state index >= 15 is 0 Å². The van der Waals surface area contributed by atoms with Crippen molar-refractivity contribution < 1.29 is 18.1 Å². The monoisotopic (exact) mass is 500 g/mol. The second-order valence-electron chi connectivity index (χ2n) is 7.37. The number of nitrogens with zero attached hydrogens (tertiary/aromatic N) is 3. The molecule has 176 valence electrons. The average molecular weight is 501 g/mol. The minimum absolute atomic E-state index is 0.00556. The Bertz CT molecular complexity index is 1360. The summed E-state index contributed by atoms with van der Waals surface area (Å²) in [5, 5.41) is 15.2. The van der Waals surface area contributed by atoms with Crippen LogP contribution >= 0.6 is 11.6 Å². The van der Waals surface area contributed by atoms with Crippen molar-refractivity contribution in [2.24, 2.45) is 5.10 Å². The van der Waals surface area contributed by atoms with Crippen molar-refractivity contribution >= 4 is 45.1 Å². The first-order valence-electron chi connectivity index (χ1n) is 10.0. The highest BCUT2D eigenvalue weighted by Crippen LogP contribution is 2.28. The number of amides is 1. The number of sulfonamides is 1. The molecule has 0 saturated heterocycles. The van der Waals surface area contributed by atoms with Gasteiger partial charge in [-0.3, -0.25) is 19.2 Å². The molecular formula is C23H21ClN4O5S. The zero-order valence-corrected chi connectivity index (χ0v) is 19.9. The molecule has 3 aromatic carbocycles. The molecule has 0 saturated carbocycles. The number of aryl methyl sites for hydroxylation is 2. The molecule has 1 N–H and O–H groups in total. The van der Waals surface area contributed by atoms with Crippen LogP contribution in [-0.4, -0.2) is 32.0 Å². The van der Waals surface area contributed by atoms with E-state index in [1.165, 1.54) is 36.4 Å². The van der Waals surface area contributed by atoms with Crippen molar-refractivity contribution in [1.29, 1.82) is 0 Å². The Labute approximate surface area is 201 Å². The summed E-state index contributed by atoms with van der Waals surface area (Å²) < 4.78 is 27.7. The van der Waals surface area contributed by atoms with E-state index in [0.717, 1.165) is 21.6 Å².